The molecule has 0 aromatic heterocycles. The van der Waals surface area contributed by atoms with Gasteiger partial charge in [0.25, 0.3) is 0 Å². The minimum atomic E-state index is -3.26. The van der Waals surface area contributed by atoms with Gasteiger partial charge in [-0.1, -0.05) is 12.1 Å². The number of carbonyl (C=O) groups is 1. The predicted octanol–water partition coefficient (Wildman–Crippen LogP) is 1.37. The first-order valence-corrected chi connectivity index (χ1v) is 8.48. The Hall–Kier alpha value is -1.67. The van der Waals surface area contributed by atoms with Crippen LogP contribution in [0, 0.1) is 5.82 Å². The number of piperidine rings is 1. The summed E-state index contributed by atoms with van der Waals surface area (Å²) in [5, 5.41) is 5.09. The van der Waals surface area contributed by atoms with Crippen LogP contribution in [-0.2, 0) is 10.0 Å². The van der Waals surface area contributed by atoms with Crippen molar-refractivity contribution in [1.82, 2.24) is 9.62 Å². The van der Waals surface area contributed by atoms with E-state index in [4.69, 9.17) is 0 Å². The molecule has 1 aliphatic heterocycles. The van der Waals surface area contributed by atoms with Gasteiger partial charge in [0.1, 0.15) is 5.82 Å². The lowest BCUT2D eigenvalue weighted by atomic mass is 10.1. The Balaban J connectivity index is 1.92. The van der Waals surface area contributed by atoms with Crippen molar-refractivity contribution in [3.05, 3.63) is 30.1 Å². The highest BCUT2D eigenvalue weighted by Crippen LogP contribution is 2.15. The molecule has 1 aromatic rings. The normalized spacial score (nSPS) is 20.0. The quantitative estimate of drug-likeness (QED) is 0.884. The number of hydrogen-bond donors (Lipinski definition) is 2. The Morgan fingerprint density at radius 2 is 2.10 bits per heavy atom. The zero-order chi connectivity index (χ0) is 15.5. The molecule has 2 N–H and O–H groups in total. The van der Waals surface area contributed by atoms with E-state index >= 15 is 0 Å². The smallest absolute Gasteiger partial charge is 0.319 e. The summed E-state index contributed by atoms with van der Waals surface area (Å²) in [6.07, 6.45) is 2.52. The Labute approximate surface area is 123 Å². The fourth-order valence-corrected chi connectivity index (χ4v) is 3.18. The van der Waals surface area contributed by atoms with Crippen LogP contribution in [0.15, 0.2) is 24.3 Å². The molecular weight excluding hydrogens is 297 g/mol. The zero-order valence-electron chi connectivity index (χ0n) is 11.7. The molecule has 0 saturated carbocycles. The summed E-state index contributed by atoms with van der Waals surface area (Å²) in [7, 11) is -3.26. The molecule has 0 unspecified atom stereocenters. The van der Waals surface area contributed by atoms with E-state index in [1.807, 2.05) is 0 Å². The monoisotopic (exact) mass is 315 g/mol. The van der Waals surface area contributed by atoms with Crippen molar-refractivity contribution in [1.29, 1.82) is 0 Å². The second kappa shape index (κ2) is 6.40. The molecule has 1 atom stereocenters. The van der Waals surface area contributed by atoms with Gasteiger partial charge in [-0.2, -0.15) is 0 Å². The van der Waals surface area contributed by atoms with Crippen LogP contribution in [0.1, 0.15) is 12.8 Å². The number of amides is 2. The Morgan fingerprint density at radius 3 is 2.76 bits per heavy atom. The van der Waals surface area contributed by atoms with Crippen LogP contribution in [0.2, 0.25) is 0 Å². The zero-order valence-corrected chi connectivity index (χ0v) is 12.5. The van der Waals surface area contributed by atoms with E-state index < -0.39 is 21.9 Å². The molecule has 0 aliphatic carbocycles. The number of nitrogens with one attached hydrogen (secondary N) is 2. The van der Waals surface area contributed by atoms with Gasteiger partial charge in [0.15, 0.2) is 0 Å². The summed E-state index contributed by atoms with van der Waals surface area (Å²) in [5.74, 6) is -0.519. The molecule has 6 nitrogen and oxygen atoms in total. The van der Waals surface area contributed by atoms with Gasteiger partial charge in [-0.15, -0.1) is 0 Å². The lowest BCUT2D eigenvalue weighted by Gasteiger charge is -2.31. The van der Waals surface area contributed by atoms with E-state index in [-0.39, 0.29) is 18.3 Å². The first-order chi connectivity index (χ1) is 9.86. The second-order valence-electron chi connectivity index (χ2n) is 5.04. The highest BCUT2D eigenvalue weighted by molar-refractivity contribution is 7.88. The number of rotatable bonds is 3. The van der Waals surface area contributed by atoms with Crippen LogP contribution < -0.4 is 10.6 Å². The topological polar surface area (TPSA) is 78.5 Å². The van der Waals surface area contributed by atoms with Gasteiger partial charge in [-0.05, 0) is 25.0 Å². The van der Waals surface area contributed by atoms with Gasteiger partial charge in [0, 0.05) is 19.1 Å². The summed E-state index contributed by atoms with van der Waals surface area (Å²) < 4.78 is 37.8. The maximum atomic E-state index is 13.4. The number of urea groups is 1. The van der Waals surface area contributed by atoms with E-state index in [1.165, 1.54) is 22.5 Å². The van der Waals surface area contributed by atoms with Crippen molar-refractivity contribution in [3.8, 4) is 0 Å². The minimum absolute atomic E-state index is 0.0887. The first-order valence-electron chi connectivity index (χ1n) is 6.63. The Bertz CT molecular complexity index is 621. The van der Waals surface area contributed by atoms with E-state index in [2.05, 4.69) is 10.6 Å². The number of carbonyl (C=O) groups excluding carboxylic acids is 1. The number of halogens is 1. The molecular formula is C13H18FN3O3S. The average molecular weight is 315 g/mol. The standard InChI is InChI=1S/C13H18FN3O3S/c1-21(19,20)17-8-4-5-10(9-17)15-13(18)16-12-7-3-2-6-11(12)14/h2-3,6-7,10H,4-5,8-9H2,1H3,(H2,15,16,18)/t10-/m0/s1. The lowest BCUT2D eigenvalue weighted by molar-refractivity contribution is 0.236. The van der Waals surface area contributed by atoms with Crippen molar-refractivity contribution >= 4 is 21.7 Å². The first kappa shape index (κ1) is 15.7. The molecule has 21 heavy (non-hydrogen) atoms. The Kier molecular flexibility index (Phi) is 4.79. The van der Waals surface area contributed by atoms with Crippen LogP contribution in [0.4, 0.5) is 14.9 Å². The van der Waals surface area contributed by atoms with Crippen molar-refractivity contribution in [2.24, 2.45) is 0 Å². The maximum absolute atomic E-state index is 13.4. The average Bonchev–Trinajstić information content (AvgIpc) is 2.41. The van der Waals surface area contributed by atoms with Crippen molar-refractivity contribution in [3.63, 3.8) is 0 Å². The van der Waals surface area contributed by atoms with Crippen LogP contribution >= 0.6 is 0 Å². The minimum Gasteiger partial charge on any atom is -0.334 e. The summed E-state index contributed by atoms with van der Waals surface area (Å²) in [6.45, 7) is 0.704. The number of benzene rings is 1. The third-order valence-corrected chi connectivity index (χ3v) is 4.58. The van der Waals surface area contributed by atoms with Crippen LogP contribution in [0.25, 0.3) is 0 Å². The SMILES string of the molecule is CS(=O)(=O)N1CCC[C@H](NC(=O)Nc2ccccc2F)C1. The molecule has 8 heteroatoms. The Morgan fingerprint density at radius 1 is 1.38 bits per heavy atom. The number of anilines is 1. The number of hydrogen-bond acceptors (Lipinski definition) is 3. The fraction of sp³-hybridized carbons (Fsp3) is 0.462. The molecule has 2 rings (SSSR count). The summed E-state index contributed by atoms with van der Waals surface area (Å²) in [6, 6.07) is 5.04. The molecule has 2 amide bonds. The predicted molar refractivity (Wildman–Crippen MR) is 78.0 cm³/mol. The fourth-order valence-electron chi connectivity index (χ4n) is 2.27. The third kappa shape index (κ3) is 4.40. The van der Waals surface area contributed by atoms with E-state index in [9.17, 15) is 17.6 Å². The van der Waals surface area contributed by atoms with E-state index in [0.717, 1.165) is 6.26 Å². The van der Waals surface area contributed by atoms with Crippen molar-refractivity contribution < 1.29 is 17.6 Å². The second-order valence-corrected chi connectivity index (χ2v) is 7.02. The van der Waals surface area contributed by atoms with Gasteiger partial charge in [-0.25, -0.2) is 21.9 Å². The molecule has 0 spiro atoms. The lowest BCUT2D eigenvalue weighted by Crippen LogP contribution is -2.50. The van der Waals surface area contributed by atoms with Crippen molar-refractivity contribution in [2.75, 3.05) is 24.7 Å². The highest BCUT2D eigenvalue weighted by Gasteiger charge is 2.26. The van der Waals surface area contributed by atoms with Gasteiger partial charge >= 0.3 is 6.03 Å². The number of para-hydroxylation sites is 1. The van der Waals surface area contributed by atoms with Gasteiger partial charge in [0.2, 0.25) is 10.0 Å². The number of sulfonamides is 1. The van der Waals surface area contributed by atoms with E-state index in [0.29, 0.717) is 19.4 Å². The summed E-state index contributed by atoms with van der Waals surface area (Å²) in [5.41, 5.74) is 0.0887. The molecule has 1 fully saturated rings. The molecule has 1 heterocycles. The van der Waals surface area contributed by atoms with E-state index in [1.54, 1.807) is 6.07 Å². The molecule has 116 valence electrons. The molecule has 1 saturated heterocycles. The van der Waals surface area contributed by atoms with Crippen LogP contribution in [0.3, 0.4) is 0 Å². The van der Waals surface area contributed by atoms with Gasteiger partial charge in [0.05, 0.1) is 11.9 Å². The van der Waals surface area contributed by atoms with Gasteiger partial charge in [-0.3, -0.25) is 0 Å². The highest BCUT2D eigenvalue weighted by atomic mass is 32.2. The molecule has 1 aromatic carbocycles. The van der Waals surface area contributed by atoms with Crippen LogP contribution in [0.5, 0.6) is 0 Å². The number of nitrogens with zero attached hydrogens (tertiary/aromatic N) is 1. The summed E-state index contributed by atoms with van der Waals surface area (Å²) in [4.78, 5) is 11.8. The van der Waals surface area contributed by atoms with Gasteiger partial charge < -0.3 is 10.6 Å². The van der Waals surface area contributed by atoms with Crippen LogP contribution in [-0.4, -0.2) is 44.1 Å². The maximum Gasteiger partial charge on any atom is 0.319 e. The molecule has 0 radical (unpaired) electrons. The summed E-state index contributed by atoms with van der Waals surface area (Å²) >= 11 is 0. The van der Waals surface area contributed by atoms with Crippen molar-refractivity contribution in [2.45, 2.75) is 18.9 Å². The largest absolute Gasteiger partial charge is 0.334 e. The molecule has 1 aliphatic rings. The third-order valence-electron chi connectivity index (χ3n) is 3.31. The molecule has 0 bridgehead atoms.